The van der Waals surface area contributed by atoms with Gasteiger partial charge in [0.15, 0.2) is 0 Å². The van der Waals surface area contributed by atoms with Crippen molar-refractivity contribution in [3.05, 3.63) is 59.1 Å². The zero-order valence-electron chi connectivity index (χ0n) is 18.6. The van der Waals surface area contributed by atoms with E-state index in [2.05, 4.69) is 5.32 Å². The van der Waals surface area contributed by atoms with Crippen LogP contribution in [0.3, 0.4) is 0 Å². The highest BCUT2D eigenvalue weighted by Crippen LogP contribution is 2.23. The standard InChI is InChI=1S/C24H31ClN2O3S/c1-5-22(24(29)26-14-17(2)3)27(15-18-7-6-8-20(13-18)30-4)23(28)16-31-21-11-9-19(25)10-12-21/h6-13,17,22H,5,14-16H2,1-4H3,(H,26,29)/t22-/m1/s1. The molecule has 0 aromatic heterocycles. The van der Waals surface area contributed by atoms with E-state index < -0.39 is 6.04 Å². The Balaban J connectivity index is 2.20. The lowest BCUT2D eigenvalue weighted by Gasteiger charge is -2.31. The fourth-order valence-electron chi connectivity index (χ4n) is 3.07. The van der Waals surface area contributed by atoms with Crippen LogP contribution < -0.4 is 10.1 Å². The zero-order valence-corrected chi connectivity index (χ0v) is 20.1. The molecule has 0 aliphatic carbocycles. The van der Waals surface area contributed by atoms with Crippen molar-refractivity contribution in [3.63, 3.8) is 0 Å². The molecule has 2 aromatic rings. The van der Waals surface area contributed by atoms with E-state index in [1.807, 2.05) is 57.2 Å². The van der Waals surface area contributed by atoms with Crippen molar-refractivity contribution in [2.75, 3.05) is 19.4 Å². The number of nitrogens with one attached hydrogen (secondary N) is 1. The van der Waals surface area contributed by atoms with Crippen LogP contribution in [0.2, 0.25) is 5.02 Å². The number of halogens is 1. The van der Waals surface area contributed by atoms with Crippen LogP contribution in [0.1, 0.15) is 32.8 Å². The molecule has 2 aromatic carbocycles. The second kappa shape index (κ2) is 12.6. The van der Waals surface area contributed by atoms with E-state index in [0.29, 0.717) is 30.5 Å². The predicted molar refractivity (Wildman–Crippen MR) is 128 cm³/mol. The Hall–Kier alpha value is -2.18. The van der Waals surface area contributed by atoms with Crippen LogP contribution in [-0.4, -0.2) is 42.2 Å². The fourth-order valence-corrected chi connectivity index (χ4v) is 3.98. The number of benzene rings is 2. The average molecular weight is 463 g/mol. The average Bonchev–Trinajstić information content (AvgIpc) is 2.77. The van der Waals surface area contributed by atoms with E-state index in [9.17, 15) is 9.59 Å². The maximum Gasteiger partial charge on any atom is 0.242 e. The number of amides is 2. The summed E-state index contributed by atoms with van der Waals surface area (Å²) in [4.78, 5) is 28.8. The lowest BCUT2D eigenvalue weighted by atomic mass is 10.1. The molecule has 5 nitrogen and oxygen atoms in total. The number of methoxy groups -OCH3 is 1. The van der Waals surface area contributed by atoms with Gasteiger partial charge in [0, 0.05) is 23.0 Å². The Bertz CT molecular complexity index is 858. The van der Waals surface area contributed by atoms with Crippen LogP contribution in [0.4, 0.5) is 0 Å². The maximum absolute atomic E-state index is 13.3. The second-order valence-electron chi connectivity index (χ2n) is 7.68. The number of rotatable bonds is 11. The Morgan fingerprint density at radius 2 is 1.87 bits per heavy atom. The summed E-state index contributed by atoms with van der Waals surface area (Å²) in [5, 5.41) is 3.63. The number of thioether (sulfide) groups is 1. The summed E-state index contributed by atoms with van der Waals surface area (Å²) in [6.45, 7) is 6.94. The Morgan fingerprint density at radius 1 is 1.16 bits per heavy atom. The summed E-state index contributed by atoms with van der Waals surface area (Å²) in [7, 11) is 1.61. The Labute approximate surface area is 194 Å². The van der Waals surface area contributed by atoms with E-state index in [1.165, 1.54) is 11.8 Å². The highest BCUT2D eigenvalue weighted by atomic mass is 35.5. The van der Waals surface area contributed by atoms with Crippen molar-refractivity contribution in [2.24, 2.45) is 5.92 Å². The van der Waals surface area contributed by atoms with Crippen LogP contribution in [0.5, 0.6) is 5.75 Å². The maximum atomic E-state index is 13.3. The minimum Gasteiger partial charge on any atom is -0.497 e. The van der Waals surface area contributed by atoms with Gasteiger partial charge in [0.2, 0.25) is 11.8 Å². The topological polar surface area (TPSA) is 58.6 Å². The van der Waals surface area contributed by atoms with Gasteiger partial charge in [-0.25, -0.2) is 0 Å². The first-order valence-electron chi connectivity index (χ1n) is 10.4. The summed E-state index contributed by atoms with van der Waals surface area (Å²) >= 11 is 7.38. The summed E-state index contributed by atoms with van der Waals surface area (Å²) in [6, 6.07) is 14.4. The van der Waals surface area contributed by atoms with Crippen LogP contribution in [0.25, 0.3) is 0 Å². The molecule has 0 radical (unpaired) electrons. The third-order valence-electron chi connectivity index (χ3n) is 4.73. The molecular formula is C24H31ClN2O3S. The lowest BCUT2D eigenvalue weighted by molar-refractivity contribution is -0.139. The number of carbonyl (C=O) groups excluding carboxylic acids is 2. The number of carbonyl (C=O) groups is 2. The molecule has 0 aliphatic heterocycles. The molecule has 7 heteroatoms. The van der Waals surface area contributed by atoms with Gasteiger partial charge >= 0.3 is 0 Å². The van der Waals surface area contributed by atoms with Gasteiger partial charge < -0.3 is 15.0 Å². The van der Waals surface area contributed by atoms with E-state index in [-0.39, 0.29) is 17.6 Å². The van der Waals surface area contributed by atoms with Crippen molar-refractivity contribution in [3.8, 4) is 5.75 Å². The van der Waals surface area contributed by atoms with Crippen molar-refractivity contribution < 1.29 is 14.3 Å². The molecule has 0 aliphatic rings. The van der Waals surface area contributed by atoms with Crippen LogP contribution in [-0.2, 0) is 16.1 Å². The predicted octanol–water partition coefficient (Wildman–Crippen LogP) is 5.02. The van der Waals surface area contributed by atoms with Gasteiger partial charge in [-0.2, -0.15) is 0 Å². The lowest BCUT2D eigenvalue weighted by Crippen LogP contribution is -2.50. The van der Waals surface area contributed by atoms with Crippen LogP contribution in [0, 0.1) is 5.92 Å². The van der Waals surface area contributed by atoms with Gasteiger partial charge in [0.1, 0.15) is 11.8 Å². The molecule has 0 fully saturated rings. The van der Waals surface area contributed by atoms with Crippen molar-refractivity contribution >= 4 is 35.2 Å². The summed E-state index contributed by atoms with van der Waals surface area (Å²) in [6.07, 6.45) is 0.533. The summed E-state index contributed by atoms with van der Waals surface area (Å²) in [5.41, 5.74) is 0.916. The summed E-state index contributed by atoms with van der Waals surface area (Å²) in [5.74, 6) is 1.08. The van der Waals surface area contributed by atoms with Gasteiger partial charge in [0.25, 0.3) is 0 Å². The van der Waals surface area contributed by atoms with Crippen molar-refractivity contribution in [1.82, 2.24) is 10.2 Å². The fraction of sp³-hybridized carbons (Fsp3) is 0.417. The number of hydrogen-bond acceptors (Lipinski definition) is 4. The normalized spacial score (nSPS) is 11.8. The second-order valence-corrected chi connectivity index (χ2v) is 9.16. The highest BCUT2D eigenvalue weighted by molar-refractivity contribution is 8.00. The smallest absolute Gasteiger partial charge is 0.242 e. The Kier molecular flexibility index (Phi) is 10.2. The molecule has 2 rings (SSSR count). The molecule has 0 saturated heterocycles. The molecule has 2 amide bonds. The summed E-state index contributed by atoms with van der Waals surface area (Å²) < 4.78 is 5.31. The Morgan fingerprint density at radius 3 is 2.48 bits per heavy atom. The van der Waals surface area contributed by atoms with E-state index in [0.717, 1.165) is 16.2 Å². The third kappa shape index (κ3) is 8.11. The first-order chi connectivity index (χ1) is 14.8. The minimum atomic E-state index is -0.539. The third-order valence-corrected chi connectivity index (χ3v) is 5.98. The first kappa shape index (κ1) is 25.1. The van der Waals surface area contributed by atoms with Crippen LogP contribution in [0.15, 0.2) is 53.4 Å². The van der Waals surface area contributed by atoms with Crippen molar-refractivity contribution in [2.45, 2.75) is 44.7 Å². The van der Waals surface area contributed by atoms with Gasteiger partial charge in [-0.05, 0) is 54.3 Å². The molecule has 31 heavy (non-hydrogen) atoms. The molecule has 0 heterocycles. The molecule has 1 atom stereocenters. The number of nitrogens with zero attached hydrogens (tertiary/aromatic N) is 1. The van der Waals surface area contributed by atoms with Gasteiger partial charge in [-0.3, -0.25) is 9.59 Å². The molecule has 0 bridgehead atoms. The van der Waals surface area contributed by atoms with Gasteiger partial charge in [-0.15, -0.1) is 11.8 Å². The monoisotopic (exact) mass is 462 g/mol. The van der Waals surface area contributed by atoms with E-state index >= 15 is 0 Å². The molecule has 1 N–H and O–H groups in total. The molecule has 0 unspecified atom stereocenters. The quantitative estimate of drug-likeness (QED) is 0.476. The first-order valence-corrected chi connectivity index (χ1v) is 11.8. The molecular weight excluding hydrogens is 432 g/mol. The van der Waals surface area contributed by atoms with Crippen LogP contribution >= 0.6 is 23.4 Å². The minimum absolute atomic E-state index is 0.0886. The van der Waals surface area contributed by atoms with Gasteiger partial charge in [-0.1, -0.05) is 44.5 Å². The molecule has 168 valence electrons. The van der Waals surface area contributed by atoms with Gasteiger partial charge in [0.05, 0.1) is 12.9 Å². The molecule has 0 saturated carbocycles. The largest absolute Gasteiger partial charge is 0.497 e. The number of hydrogen-bond donors (Lipinski definition) is 1. The SMILES string of the molecule is CC[C@H](C(=O)NCC(C)C)N(Cc1cccc(OC)c1)C(=O)CSc1ccc(Cl)cc1. The highest BCUT2D eigenvalue weighted by Gasteiger charge is 2.28. The van der Waals surface area contributed by atoms with E-state index in [1.54, 1.807) is 24.1 Å². The zero-order chi connectivity index (χ0) is 22.8. The van der Waals surface area contributed by atoms with E-state index in [4.69, 9.17) is 16.3 Å². The number of ether oxygens (including phenoxy) is 1. The van der Waals surface area contributed by atoms with Crippen molar-refractivity contribution in [1.29, 1.82) is 0 Å². The molecule has 0 spiro atoms.